The zero-order valence-corrected chi connectivity index (χ0v) is 15.0. The Morgan fingerprint density at radius 2 is 2.08 bits per heavy atom. The van der Waals surface area contributed by atoms with Crippen LogP contribution in [0, 0.1) is 6.92 Å². The van der Waals surface area contributed by atoms with Crippen molar-refractivity contribution in [1.82, 2.24) is 15.2 Å². The maximum Gasteiger partial charge on any atom is 0.152 e. The first kappa shape index (κ1) is 17.8. The molecule has 0 aliphatic rings. The van der Waals surface area contributed by atoms with Gasteiger partial charge in [0.2, 0.25) is 0 Å². The predicted octanol–water partition coefficient (Wildman–Crippen LogP) is 3.26. The van der Waals surface area contributed by atoms with E-state index >= 15 is 0 Å². The van der Waals surface area contributed by atoms with Crippen molar-refractivity contribution < 1.29 is 9.47 Å². The van der Waals surface area contributed by atoms with E-state index in [2.05, 4.69) is 20.5 Å². The van der Waals surface area contributed by atoms with Gasteiger partial charge in [-0.3, -0.25) is 10.1 Å². The summed E-state index contributed by atoms with van der Waals surface area (Å²) in [4.78, 5) is 4.09. The Morgan fingerprint density at radius 1 is 1.23 bits per heavy atom. The van der Waals surface area contributed by atoms with E-state index in [0.29, 0.717) is 19.0 Å². The third-order valence-corrected chi connectivity index (χ3v) is 3.82. The van der Waals surface area contributed by atoms with Crippen LogP contribution in [0.25, 0.3) is 11.3 Å². The number of benzene rings is 1. The summed E-state index contributed by atoms with van der Waals surface area (Å²) in [6.45, 7) is 3.14. The fourth-order valence-corrected chi connectivity index (χ4v) is 2.63. The maximum absolute atomic E-state index is 5.94. The van der Waals surface area contributed by atoms with E-state index in [1.54, 1.807) is 19.5 Å². The van der Waals surface area contributed by atoms with Gasteiger partial charge in [0.25, 0.3) is 0 Å². The van der Waals surface area contributed by atoms with Crippen molar-refractivity contribution >= 4 is 11.5 Å². The molecule has 1 aromatic carbocycles. The molecule has 3 rings (SSSR count). The van der Waals surface area contributed by atoms with Crippen LogP contribution in [0.15, 0.2) is 42.7 Å². The van der Waals surface area contributed by atoms with Gasteiger partial charge in [0.05, 0.1) is 36.9 Å². The molecule has 0 spiro atoms. The van der Waals surface area contributed by atoms with Crippen molar-refractivity contribution in [1.29, 1.82) is 0 Å². The standard InChI is InChI=1S/C19H23N5O2/c1-13-9-16(25-2)19(17(10-13)26-8-4-6-20)15-11-18(24-23-15)22-14-5-3-7-21-12-14/h3,5,7,9-12H,4,6,8,20H2,1-2H3,(H2,22,23,24). The van der Waals surface area contributed by atoms with Crippen LogP contribution in [0.2, 0.25) is 0 Å². The molecule has 0 aliphatic carbocycles. The minimum Gasteiger partial charge on any atom is -0.496 e. The molecule has 0 amide bonds. The van der Waals surface area contributed by atoms with Crippen LogP contribution in [-0.4, -0.2) is 35.4 Å². The molecule has 0 unspecified atom stereocenters. The normalized spacial score (nSPS) is 10.6. The van der Waals surface area contributed by atoms with Crippen molar-refractivity contribution in [3.05, 3.63) is 48.3 Å². The van der Waals surface area contributed by atoms with Crippen LogP contribution in [0.1, 0.15) is 12.0 Å². The Morgan fingerprint density at radius 3 is 2.81 bits per heavy atom. The molecule has 7 nitrogen and oxygen atoms in total. The van der Waals surface area contributed by atoms with Gasteiger partial charge in [-0.25, -0.2) is 0 Å². The summed E-state index contributed by atoms with van der Waals surface area (Å²) in [5, 5.41) is 10.6. The summed E-state index contributed by atoms with van der Waals surface area (Å²) in [7, 11) is 1.65. The lowest BCUT2D eigenvalue weighted by molar-refractivity contribution is 0.312. The van der Waals surface area contributed by atoms with E-state index in [9.17, 15) is 0 Å². The molecule has 0 bridgehead atoms. The highest BCUT2D eigenvalue weighted by atomic mass is 16.5. The van der Waals surface area contributed by atoms with Crippen molar-refractivity contribution in [3.8, 4) is 22.8 Å². The number of aromatic nitrogens is 3. The van der Waals surface area contributed by atoms with Gasteiger partial charge in [0.15, 0.2) is 5.82 Å². The quantitative estimate of drug-likeness (QED) is 0.538. The molecule has 0 saturated carbocycles. The molecular weight excluding hydrogens is 330 g/mol. The van der Waals surface area contributed by atoms with Crippen molar-refractivity contribution in [3.63, 3.8) is 0 Å². The van der Waals surface area contributed by atoms with Crippen LogP contribution >= 0.6 is 0 Å². The van der Waals surface area contributed by atoms with Gasteiger partial charge in [-0.15, -0.1) is 0 Å². The Bertz CT molecular complexity index is 848. The molecule has 7 heteroatoms. The van der Waals surface area contributed by atoms with Crippen LogP contribution in [0.3, 0.4) is 0 Å². The zero-order chi connectivity index (χ0) is 18.4. The number of hydrogen-bond acceptors (Lipinski definition) is 6. The van der Waals surface area contributed by atoms with Crippen LogP contribution in [-0.2, 0) is 0 Å². The molecule has 136 valence electrons. The van der Waals surface area contributed by atoms with Gasteiger partial charge >= 0.3 is 0 Å². The average molecular weight is 353 g/mol. The number of pyridine rings is 1. The first-order chi connectivity index (χ1) is 12.7. The van der Waals surface area contributed by atoms with E-state index in [4.69, 9.17) is 15.2 Å². The minimum absolute atomic E-state index is 0.547. The third kappa shape index (κ3) is 4.12. The lowest BCUT2D eigenvalue weighted by Gasteiger charge is -2.15. The first-order valence-corrected chi connectivity index (χ1v) is 8.45. The number of hydrogen-bond donors (Lipinski definition) is 3. The average Bonchev–Trinajstić information content (AvgIpc) is 3.10. The van der Waals surface area contributed by atoms with Gasteiger partial charge in [0, 0.05) is 12.3 Å². The smallest absolute Gasteiger partial charge is 0.152 e. The molecule has 2 aromatic heterocycles. The number of rotatable bonds is 8. The monoisotopic (exact) mass is 353 g/mol. The highest BCUT2D eigenvalue weighted by Gasteiger charge is 2.17. The highest BCUT2D eigenvalue weighted by molar-refractivity contribution is 5.77. The number of H-pyrrole nitrogens is 1. The molecular formula is C19H23N5O2. The second-order valence-corrected chi connectivity index (χ2v) is 5.86. The topological polar surface area (TPSA) is 98.1 Å². The highest BCUT2D eigenvalue weighted by Crippen LogP contribution is 2.39. The van der Waals surface area contributed by atoms with E-state index in [0.717, 1.165) is 40.4 Å². The van der Waals surface area contributed by atoms with Crippen LogP contribution < -0.4 is 20.5 Å². The summed E-state index contributed by atoms with van der Waals surface area (Å²) >= 11 is 0. The number of aromatic amines is 1. The lowest BCUT2D eigenvalue weighted by Crippen LogP contribution is -2.07. The second-order valence-electron chi connectivity index (χ2n) is 5.86. The SMILES string of the molecule is COc1cc(C)cc(OCCCN)c1-c1cc(Nc2cccnc2)n[nH]1. The molecule has 0 fully saturated rings. The van der Waals surface area contributed by atoms with Crippen LogP contribution in [0.4, 0.5) is 11.5 Å². The number of methoxy groups -OCH3 is 1. The summed E-state index contributed by atoms with van der Waals surface area (Å²) in [6.07, 6.45) is 4.25. The van der Waals surface area contributed by atoms with Gasteiger partial charge in [-0.1, -0.05) is 0 Å². The molecule has 26 heavy (non-hydrogen) atoms. The number of nitrogens with two attached hydrogens (primary N) is 1. The molecule has 0 saturated heterocycles. The second kappa shape index (κ2) is 8.35. The van der Waals surface area contributed by atoms with Gasteiger partial charge in [0.1, 0.15) is 11.5 Å². The molecule has 0 aliphatic heterocycles. The van der Waals surface area contributed by atoms with Gasteiger partial charge in [-0.05, 0) is 49.7 Å². The van der Waals surface area contributed by atoms with Gasteiger partial charge in [-0.2, -0.15) is 5.10 Å². The number of aryl methyl sites for hydroxylation is 1. The molecule has 2 heterocycles. The summed E-state index contributed by atoms with van der Waals surface area (Å²) < 4.78 is 11.5. The Labute approximate surface area is 152 Å². The van der Waals surface area contributed by atoms with E-state index in [-0.39, 0.29) is 0 Å². The van der Waals surface area contributed by atoms with Crippen molar-refractivity contribution in [2.24, 2.45) is 5.73 Å². The fraction of sp³-hybridized carbons (Fsp3) is 0.263. The zero-order valence-electron chi connectivity index (χ0n) is 15.0. The Hall–Kier alpha value is -3.06. The maximum atomic E-state index is 5.94. The van der Waals surface area contributed by atoms with Crippen molar-refractivity contribution in [2.75, 3.05) is 25.6 Å². The third-order valence-electron chi connectivity index (χ3n) is 3.82. The first-order valence-electron chi connectivity index (χ1n) is 8.45. The largest absolute Gasteiger partial charge is 0.496 e. The van der Waals surface area contributed by atoms with E-state index in [1.165, 1.54) is 0 Å². The summed E-state index contributed by atoms with van der Waals surface area (Å²) in [5.74, 6) is 2.15. The number of nitrogens with one attached hydrogen (secondary N) is 2. The lowest BCUT2D eigenvalue weighted by atomic mass is 10.1. The number of anilines is 2. The Balaban J connectivity index is 1.92. The number of ether oxygens (including phenoxy) is 2. The Kier molecular flexibility index (Phi) is 5.70. The minimum atomic E-state index is 0.547. The van der Waals surface area contributed by atoms with Crippen molar-refractivity contribution in [2.45, 2.75) is 13.3 Å². The summed E-state index contributed by atoms with van der Waals surface area (Å²) in [6, 6.07) is 9.66. The van der Waals surface area contributed by atoms with E-state index < -0.39 is 0 Å². The fourth-order valence-electron chi connectivity index (χ4n) is 2.63. The molecule has 0 radical (unpaired) electrons. The predicted molar refractivity (Wildman–Crippen MR) is 102 cm³/mol. The van der Waals surface area contributed by atoms with Crippen LogP contribution in [0.5, 0.6) is 11.5 Å². The molecule has 3 aromatic rings. The van der Waals surface area contributed by atoms with Gasteiger partial charge < -0.3 is 20.5 Å². The van der Waals surface area contributed by atoms with E-state index in [1.807, 2.05) is 37.3 Å². The summed E-state index contributed by atoms with van der Waals surface area (Å²) in [5.41, 5.74) is 9.13. The molecule has 0 atom stereocenters. The molecule has 4 N–H and O–H groups in total. The number of nitrogens with zero attached hydrogens (tertiary/aromatic N) is 2.